The number of halogens is 1. The van der Waals surface area contributed by atoms with Gasteiger partial charge in [-0.2, -0.15) is 0 Å². The summed E-state index contributed by atoms with van der Waals surface area (Å²) >= 11 is 6.09. The third-order valence-corrected chi connectivity index (χ3v) is 3.79. The second-order valence-corrected chi connectivity index (χ2v) is 5.38. The molecule has 108 valence electrons. The minimum Gasteiger partial charge on any atom is -0.343 e. The van der Waals surface area contributed by atoms with Crippen LogP contribution < -0.4 is 5.32 Å². The number of carbonyl (C=O) groups excluding carboxylic acids is 2. The molecule has 5 nitrogen and oxygen atoms in total. The van der Waals surface area contributed by atoms with E-state index in [2.05, 4.69) is 10.3 Å². The summed E-state index contributed by atoms with van der Waals surface area (Å²) in [6.07, 6.45) is 4.66. The molecule has 6 heteroatoms. The average molecular weight is 296 g/mol. The Balaban J connectivity index is 2.26. The van der Waals surface area contributed by atoms with Crippen LogP contribution in [0.4, 0.5) is 0 Å². The summed E-state index contributed by atoms with van der Waals surface area (Å²) in [5.74, 6) is -0.167. The number of hydrogen-bond acceptors (Lipinski definition) is 3. The molecule has 20 heavy (non-hydrogen) atoms. The fourth-order valence-corrected chi connectivity index (χ4v) is 2.56. The van der Waals surface area contributed by atoms with E-state index in [-0.39, 0.29) is 11.8 Å². The van der Waals surface area contributed by atoms with Crippen LogP contribution in [0.3, 0.4) is 0 Å². The van der Waals surface area contributed by atoms with E-state index < -0.39 is 12.1 Å². The lowest BCUT2D eigenvalue weighted by Crippen LogP contribution is -2.61. The van der Waals surface area contributed by atoms with Gasteiger partial charge in [0.15, 0.2) is 0 Å². The summed E-state index contributed by atoms with van der Waals surface area (Å²) in [5, 5.41) is 3.23. The average Bonchev–Trinajstić information content (AvgIpc) is 2.42. The molecule has 1 N–H and O–H groups in total. The highest BCUT2D eigenvalue weighted by atomic mass is 35.5. The summed E-state index contributed by atoms with van der Waals surface area (Å²) in [5.41, 5.74) is 0.804. The lowest BCUT2D eigenvalue weighted by molar-refractivity contribution is -0.149. The number of rotatable bonds is 4. The number of carbonyl (C=O) groups is 2. The third-order valence-electron chi connectivity index (χ3n) is 3.45. The Morgan fingerprint density at radius 3 is 2.85 bits per heavy atom. The summed E-state index contributed by atoms with van der Waals surface area (Å²) in [6.45, 7) is 4.03. The molecule has 1 fully saturated rings. The van der Waals surface area contributed by atoms with Gasteiger partial charge in [0.1, 0.15) is 12.1 Å². The van der Waals surface area contributed by atoms with Crippen LogP contribution in [0, 0.1) is 0 Å². The Hall–Kier alpha value is -1.62. The van der Waals surface area contributed by atoms with Crippen LogP contribution in [0.15, 0.2) is 18.5 Å². The van der Waals surface area contributed by atoms with E-state index in [4.69, 9.17) is 11.6 Å². The maximum absolute atomic E-state index is 12.3. The van der Waals surface area contributed by atoms with E-state index in [9.17, 15) is 9.59 Å². The summed E-state index contributed by atoms with van der Waals surface area (Å²) in [7, 11) is 0. The van der Waals surface area contributed by atoms with Gasteiger partial charge in [0, 0.05) is 18.9 Å². The van der Waals surface area contributed by atoms with E-state index in [0.717, 1.165) is 12.0 Å². The number of hydrogen-bond donors (Lipinski definition) is 1. The predicted molar refractivity (Wildman–Crippen MR) is 76.1 cm³/mol. The monoisotopic (exact) mass is 295 g/mol. The molecule has 2 heterocycles. The van der Waals surface area contributed by atoms with E-state index in [1.165, 1.54) is 0 Å². The van der Waals surface area contributed by atoms with Gasteiger partial charge in [-0.15, -0.1) is 0 Å². The van der Waals surface area contributed by atoms with Crippen molar-refractivity contribution >= 4 is 23.4 Å². The van der Waals surface area contributed by atoms with Gasteiger partial charge in [-0.3, -0.25) is 14.6 Å². The van der Waals surface area contributed by atoms with Crippen molar-refractivity contribution in [2.45, 2.75) is 45.3 Å². The van der Waals surface area contributed by atoms with E-state index in [1.54, 1.807) is 30.3 Å². The lowest BCUT2D eigenvalue weighted by Gasteiger charge is -2.38. The zero-order valence-corrected chi connectivity index (χ0v) is 12.4. The molecule has 1 saturated heterocycles. The van der Waals surface area contributed by atoms with Crippen molar-refractivity contribution < 1.29 is 9.59 Å². The number of nitrogens with one attached hydrogen (secondary N) is 1. The molecule has 1 aliphatic heterocycles. The van der Waals surface area contributed by atoms with Crippen molar-refractivity contribution in [1.29, 1.82) is 0 Å². The molecule has 1 aromatic rings. The molecule has 1 aliphatic rings. The van der Waals surface area contributed by atoms with Crippen LogP contribution >= 0.6 is 11.6 Å². The molecule has 0 spiro atoms. The molecular formula is C14H18ClN3O2. The van der Waals surface area contributed by atoms with E-state index in [1.807, 2.05) is 6.92 Å². The minimum absolute atomic E-state index is 0.0732. The predicted octanol–water partition coefficient (Wildman–Crippen LogP) is 1.75. The smallest absolute Gasteiger partial charge is 0.245 e. The summed E-state index contributed by atoms with van der Waals surface area (Å²) in [6, 6.07) is 0.861. The van der Waals surface area contributed by atoms with Crippen LogP contribution in [0.5, 0.6) is 0 Å². The largest absolute Gasteiger partial charge is 0.343 e. The maximum atomic E-state index is 12.3. The van der Waals surface area contributed by atoms with Crippen molar-refractivity contribution in [2.75, 3.05) is 0 Å². The quantitative estimate of drug-likeness (QED) is 0.920. The Morgan fingerprint density at radius 1 is 1.45 bits per heavy atom. The molecule has 2 amide bonds. The number of amides is 2. The second-order valence-electron chi connectivity index (χ2n) is 4.97. The molecule has 0 aromatic carbocycles. The second kappa shape index (κ2) is 6.22. The topological polar surface area (TPSA) is 62.3 Å². The number of nitrogens with zero attached hydrogens (tertiary/aromatic N) is 2. The van der Waals surface area contributed by atoms with Gasteiger partial charge >= 0.3 is 0 Å². The zero-order valence-electron chi connectivity index (χ0n) is 11.6. The molecule has 0 radical (unpaired) electrons. The summed E-state index contributed by atoms with van der Waals surface area (Å²) in [4.78, 5) is 29.9. The Labute approximate surface area is 123 Å². The molecular weight excluding hydrogens is 278 g/mol. The van der Waals surface area contributed by atoms with Crippen LogP contribution in [-0.4, -0.2) is 33.8 Å². The van der Waals surface area contributed by atoms with Crippen molar-refractivity contribution in [2.24, 2.45) is 0 Å². The van der Waals surface area contributed by atoms with Crippen molar-refractivity contribution in [3.05, 3.63) is 29.0 Å². The highest BCUT2D eigenvalue weighted by Crippen LogP contribution is 2.21. The van der Waals surface area contributed by atoms with Crippen molar-refractivity contribution in [3.8, 4) is 0 Å². The van der Waals surface area contributed by atoms with Gasteiger partial charge in [-0.25, -0.2) is 0 Å². The van der Waals surface area contributed by atoms with Crippen LogP contribution in [0.1, 0.15) is 32.3 Å². The molecule has 0 aliphatic carbocycles. The number of aromatic nitrogens is 1. The molecule has 2 atom stereocenters. The standard InChI is InChI=1S/C14H18ClN3O2/c1-3-4-12-13(19)17-9(2)14(20)18(12)8-10-5-6-16-7-11(10)15/h5-7,9,12H,3-4,8H2,1-2H3,(H,17,19). The Kier molecular flexibility index (Phi) is 4.60. The molecule has 2 unspecified atom stereocenters. The van der Waals surface area contributed by atoms with Crippen molar-refractivity contribution in [3.63, 3.8) is 0 Å². The molecule has 1 aromatic heterocycles. The first-order valence-corrected chi connectivity index (χ1v) is 7.11. The Morgan fingerprint density at radius 2 is 2.20 bits per heavy atom. The van der Waals surface area contributed by atoms with Gasteiger partial charge in [0.2, 0.25) is 11.8 Å². The molecule has 2 rings (SSSR count). The fourth-order valence-electron chi connectivity index (χ4n) is 2.38. The first kappa shape index (κ1) is 14.8. The van der Waals surface area contributed by atoms with Crippen LogP contribution in [0.25, 0.3) is 0 Å². The fraction of sp³-hybridized carbons (Fsp3) is 0.500. The van der Waals surface area contributed by atoms with Gasteiger partial charge in [0.05, 0.1) is 5.02 Å². The van der Waals surface area contributed by atoms with Gasteiger partial charge < -0.3 is 10.2 Å². The highest BCUT2D eigenvalue weighted by molar-refractivity contribution is 6.31. The van der Waals surface area contributed by atoms with E-state index >= 15 is 0 Å². The first-order chi connectivity index (χ1) is 9.54. The van der Waals surface area contributed by atoms with Gasteiger partial charge in [-0.05, 0) is 25.0 Å². The SMILES string of the molecule is CCCC1C(=O)NC(C)C(=O)N1Cc1ccncc1Cl. The lowest BCUT2D eigenvalue weighted by atomic mass is 10.0. The molecule has 0 bridgehead atoms. The summed E-state index contributed by atoms with van der Waals surface area (Å²) < 4.78 is 0. The van der Waals surface area contributed by atoms with Crippen LogP contribution in [0.2, 0.25) is 5.02 Å². The first-order valence-electron chi connectivity index (χ1n) is 6.73. The minimum atomic E-state index is -0.490. The number of piperazine rings is 1. The highest BCUT2D eigenvalue weighted by Gasteiger charge is 2.37. The van der Waals surface area contributed by atoms with E-state index in [0.29, 0.717) is 18.0 Å². The normalized spacial score (nSPS) is 22.9. The van der Waals surface area contributed by atoms with Crippen LogP contribution in [-0.2, 0) is 16.1 Å². The van der Waals surface area contributed by atoms with Gasteiger partial charge in [-0.1, -0.05) is 24.9 Å². The number of pyridine rings is 1. The zero-order chi connectivity index (χ0) is 14.7. The Bertz CT molecular complexity index is 521. The maximum Gasteiger partial charge on any atom is 0.245 e. The molecule has 0 saturated carbocycles. The van der Waals surface area contributed by atoms with Crippen molar-refractivity contribution in [1.82, 2.24) is 15.2 Å². The third kappa shape index (κ3) is 2.93. The van der Waals surface area contributed by atoms with Gasteiger partial charge in [0.25, 0.3) is 0 Å².